The predicted octanol–water partition coefficient (Wildman–Crippen LogP) is 6.76. The average Bonchev–Trinajstić information content (AvgIpc) is 3.33. The highest BCUT2D eigenvalue weighted by Gasteiger charge is 2.19. The van der Waals surface area contributed by atoms with Crippen molar-refractivity contribution in [2.45, 2.75) is 38.8 Å². The van der Waals surface area contributed by atoms with Crippen LogP contribution in [0.2, 0.25) is 0 Å². The van der Waals surface area contributed by atoms with E-state index in [1.54, 1.807) is 18.3 Å². The summed E-state index contributed by atoms with van der Waals surface area (Å²) in [6.45, 7) is 5.30. The number of halogens is 1. The summed E-state index contributed by atoms with van der Waals surface area (Å²) in [5.41, 5.74) is 6.45. The van der Waals surface area contributed by atoms with Gasteiger partial charge in [-0.3, -0.25) is 9.30 Å². The summed E-state index contributed by atoms with van der Waals surface area (Å²) in [5, 5.41) is 3.42. The summed E-state index contributed by atoms with van der Waals surface area (Å²) in [5.74, 6) is 0.270. The van der Waals surface area contributed by atoms with Crippen LogP contribution in [0.1, 0.15) is 43.4 Å². The molecular weight excluding hydrogens is 475 g/mol. The van der Waals surface area contributed by atoms with Crippen LogP contribution in [0, 0.1) is 5.82 Å². The van der Waals surface area contributed by atoms with Crippen LogP contribution < -0.4 is 5.32 Å². The Hall–Kier alpha value is -4.10. The lowest BCUT2D eigenvalue weighted by Crippen LogP contribution is -2.29. The summed E-state index contributed by atoms with van der Waals surface area (Å²) in [7, 11) is 0. The molecule has 38 heavy (non-hydrogen) atoms. The number of anilines is 1. The zero-order valence-electron chi connectivity index (χ0n) is 21.5. The number of nitrogens with zero attached hydrogens (tertiary/aromatic N) is 5. The highest BCUT2D eigenvalue weighted by Crippen LogP contribution is 2.33. The van der Waals surface area contributed by atoms with Gasteiger partial charge in [-0.2, -0.15) is 0 Å². The average molecular weight is 507 g/mol. The molecule has 6 nitrogen and oxygen atoms in total. The van der Waals surface area contributed by atoms with Crippen molar-refractivity contribution >= 4 is 11.6 Å². The van der Waals surface area contributed by atoms with Crippen molar-refractivity contribution in [3.63, 3.8) is 0 Å². The summed E-state index contributed by atoms with van der Waals surface area (Å²) < 4.78 is 15.8. The van der Waals surface area contributed by atoms with Gasteiger partial charge in [0.1, 0.15) is 11.5 Å². The Bertz CT molecular complexity index is 1520. The maximum Gasteiger partial charge on any atom is 0.223 e. The Labute approximate surface area is 222 Å². The van der Waals surface area contributed by atoms with Gasteiger partial charge < -0.3 is 5.32 Å². The molecule has 2 aromatic carbocycles. The van der Waals surface area contributed by atoms with E-state index in [4.69, 9.17) is 9.97 Å². The van der Waals surface area contributed by atoms with Crippen molar-refractivity contribution in [2.75, 3.05) is 18.4 Å². The van der Waals surface area contributed by atoms with Gasteiger partial charge in [-0.05, 0) is 86.4 Å². The molecule has 4 heterocycles. The second-order valence-corrected chi connectivity index (χ2v) is 9.96. The zero-order chi connectivity index (χ0) is 25.9. The zero-order valence-corrected chi connectivity index (χ0v) is 21.5. The van der Waals surface area contributed by atoms with Crippen molar-refractivity contribution in [1.29, 1.82) is 0 Å². The van der Waals surface area contributed by atoms with E-state index in [-0.39, 0.29) is 11.9 Å². The first-order chi connectivity index (χ1) is 18.6. The maximum absolute atomic E-state index is 13.8. The summed E-state index contributed by atoms with van der Waals surface area (Å²) >= 11 is 0. The van der Waals surface area contributed by atoms with E-state index in [0.717, 1.165) is 53.5 Å². The van der Waals surface area contributed by atoms with Crippen LogP contribution in [0.5, 0.6) is 0 Å². The molecule has 1 aliphatic rings. The SMILES string of the molecule is C[C@H](Nc1nccc(-c2c(-c3ccc(F)cc3)nc3cc(CN4CCCCC4)ccn23)n1)c1ccccc1. The molecule has 1 atom stereocenters. The first kappa shape index (κ1) is 24.2. The van der Waals surface area contributed by atoms with E-state index in [1.807, 2.05) is 24.3 Å². The van der Waals surface area contributed by atoms with Gasteiger partial charge >= 0.3 is 0 Å². The van der Waals surface area contributed by atoms with Crippen LogP contribution in [0.25, 0.3) is 28.3 Å². The highest BCUT2D eigenvalue weighted by atomic mass is 19.1. The normalized spacial score (nSPS) is 15.0. The molecule has 3 aromatic heterocycles. The van der Waals surface area contributed by atoms with Gasteiger partial charge in [0.05, 0.1) is 23.1 Å². The second-order valence-electron chi connectivity index (χ2n) is 9.96. The fourth-order valence-electron chi connectivity index (χ4n) is 5.19. The molecule has 0 radical (unpaired) electrons. The number of benzene rings is 2. The first-order valence-corrected chi connectivity index (χ1v) is 13.3. The molecular formula is C31H31FN6. The molecule has 0 spiro atoms. The lowest BCUT2D eigenvalue weighted by atomic mass is 10.1. The first-order valence-electron chi connectivity index (χ1n) is 13.3. The van der Waals surface area contributed by atoms with Gasteiger partial charge in [-0.25, -0.2) is 19.3 Å². The molecule has 0 bridgehead atoms. The third-order valence-corrected chi connectivity index (χ3v) is 7.21. The number of hydrogen-bond acceptors (Lipinski definition) is 5. The molecule has 1 aliphatic heterocycles. The minimum Gasteiger partial charge on any atom is -0.348 e. The minimum atomic E-state index is -0.272. The molecule has 7 heteroatoms. The molecule has 0 unspecified atom stereocenters. The van der Waals surface area contributed by atoms with E-state index in [9.17, 15) is 4.39 Å². The molecule has 6 rings (SSSR count). The van der Waals surface area contributed by atoms with E-state index in [1.165, 1.54) is 37.0 Å². The Morgan fingerprint density at radius 3 is 2.50 bits per heavy atom. The number of aromatic nitrogens is 4. The number of piperidine rings is 1. The predicted molar refractivity (Wildman–Crippen MR) is 149 cm³/mol. The molecule has 0 saturated carbocycles. The number of fused-ring (bicyclic) bond motifs is 1. The van der Waals surface area contributed by atoms with Crippen LogP contribution in [0.3, 0.4) is 0 Å². The third-order valence-electron chi connectivity index (χ3n) is 7.21. The molecule has 1 N–H and O–H groups in total. The number of imidazole rings is 1. The van der Waals surface area contributed by atoms with Crippen molar-refractivity contribution in [2.24, 2.45) is 0 Å². The monoisotopic (exact) mass is 506 g/mol. The molecule has 1 fully saturated rings. The maximum atomic E-state index is 13.8. The lowest BCUT2D eigenvalue weighted by molar-refractivity contribution is 0.221. The number of nitrogens with one attached hydrogen (secondary N) is 1. The molecule has 0 aliphatic carbocycles. The fraction of sp³-hybridized carbons (Fsp3) is 0.258. The fourth-order valence-corrected chi connectivity index (χ4v) is 5.19. The number of pyridine rings is 1. The van der Waals surface area contributed by atoms with Crippen LogP contribution in [-0.2, 0) is 6.54 Å². The van der Waals surface area contributed by atoms with Crippen molar-refractivity contribution in [3.8, 4) is 22.6 Å². The largest absolute Gasteiger partial charge is 0.348 e. The van der Waals surface area contributed by atoms with E-state index in [2.05, 4.69) is 57.0 Å². The van der Waals surface area contributed by atoms with Crippen LogP contribution >= 0.6 is 0 Å². The van der Waals surface area contributed by atoms with E-state index in [0.29, 0.717) is 5.95 Å². The van der Waals surface area contributed by atoms with Gasteiger partial charge in [-0.1, -0.05) is 36.8 Å². The third kappa shape index (κ3) is 5.15. The van der Waals surface area contributed by atoms with Crippen LogP contribution in [0.15, 0.2) is 85.2 Å². The molecule has 5 aromatic rings. The Morgan fingerprint density at radius 2 is 1.71 bits per heavy atom. The molecule has 192 valence electrons. The Balaban J connectivity index is 1.39. The number of likely N-dealkylation sites (tertiary alicyclic amines) is 1. The van der Waals surface area contributed by atoms with E-state index < -0.39 is 0 Å². The Kier molecular flexibility index (Phi) is 6.84. The second kappa shape index (κ2) is 10.7. The van der Waals surface area contributed by atoms with Crippen molar-refractivity contribution in [1.82, 2.24) is 24.3 Å². The summed E-state index contributed by atoms with van der Waals surface area (Å²) in [6, 6.07) is 23.0. The number of rotatable bonds is 7. The smallest absolute Gasteiger partial charge is 0.223 e. The lowest BCUT2D eigenvalue weighted by Gasteiger charge is -2.26. The summed E-state index contributed by atoms with van der Waals surface area (Å²) in [6.07, 6.45) is 7.68. The van der Waals surface area contributed by atoms with Crippen molar-refractivity contribution in [3.05, 3.63) is 102 Å². The van der Waals surface area contributed by atoms with Gasteiger partial charge in [0.15, 0.2) is 0 Å². The highest BCUT2D eigenvalue weighted by molar-refractivity contribution is 5.80. The molecule has 1 saturated heterocycles. The van der Waals surface area contributed by atoms with Gasteiger partial charge in [0.25, 0.3) is 0 Å². The van der Waals surface area contributed by atoms with Crippen LogP contribution in [-0.4, -0.2) is 37.3 Å². The van der Waals surface area contributed by atoms with Gasteiger partial charge in [0.2, 0.25) is 5.95 Å². The van der Waals surface area contributed by atoms with Crippen LogP contribution in [0.4, 0.5) is 10.3 Å². The topological polar surface area (TPSA) is 58.4 Å². The van der Waals surface area contributed by atoms with Crippen molar-refractivity contribution < 1.29 is 4.39 Å². The number of hydrogen-bond donors (Lipinski definition) is 1. The standard InChI is InChI=1S/C31H31FN6/c1-22(24-8-4-2-5-9-24)34-31-33-16-14-27(35-31)30-29(25-10-12-26(32)13-11-25)36-28-20-23(15-19-38(28)30)21-37-17-6-3-7-18-37/h2,4-5,8-16,19-20,22H,3,6-7,17-18,21H2,1H3,(H,33,34,35)/t22-/m0/s1. The summed E-state index contributed by atoms with van der Waals surface area (Å²) in [4.78, 5) is 16.9. The van der Waals surface area contributed by atoms with Gasteiger partial charge in [0, 0.05) is 24.5 Å². The Morgan fingerprint density at radius 1 is 0.921 bits per heavy atom. The van der Waals surface area contributed by atoms with Gasteiger partial charge in [-0.15, -0.1) is 0 Å². The quantitative estimate of drug-likeness (QED) is 0.264. The minimum absolute atomic E-state index is 0.0440. The molecule has 0 amide bonds. The van der Waals surface area contributed by atoms with E-state index >= 15 is 0 Å².